The average Bonchev–Trinajstić information content (AvgIpc) is 3.03. The summed E-state index contributed by atoms with van der Waals surface area (Å²) in [7, 11) is 4.36. The quantitative estimate of drug-likeness (QED) is 0.592. The number of hydrogen-bond donors (Lipinski definition) is 0. The standard InChI is InChI=1S/C19H15F2NO5/c1-24-15-7-11(8-16(25-2)17(15)26-3)18-22-14(19(23)27-18)6-10-4-5-12(20)9-13(10)21/h4-9H,1-3H3/b14-6-. The van der Waals surface area contributed by atoms with E-state index in [0.717, 1.165) is 12.1 Å². The average molecular weight is 375 g/mol. The SMILES string of the molecule is COc1cc(C2=N/C(=C\c3ccc(F)cc3F)C(=O)O2)cc(OC)c1OC. The molecule has 3 rings (SSSR count). The van der Waals surface area contributed by atoms with Crippen LogP contribution in [0, 0.1) is 11.6 Å². The van der Waals surface area contributed by atoms with Gasteiger partial charge in [0.25, 0.3) is 0 Å². The molecule has 0 aromatic heterocycles. The molecule has 1 aliphatic heterocycles. The maximum atomic E-state index is 13.8. The number of rotatable bonds is 5. The van der Waals surface area contributed by atoms with E-state index in [9.17, 15) is 13.6 Å². The Bertz CT molecular complexity index is 944. The van der Waals surface area contributed by atoms with Crippen molar-refractivity contribution in [1.29, 1.82) is 0 Å². The normalized spacial score (nSPS) is 14.8. The molecule has 0 unspecified atom stereocenters. The molecular formula is C19H15F2NO5. The van der Waals surface area contributed by atoms with Crippen LogP contribution in [0.4, 0.5) is 8.78 Å². The van der Waals surface area contributed by atoms with Gasteiger partial charge in [-0.05, 0) is 30.3 Å². The van der Waals surface area contributed by atoms with Gasteiger partial charge in [0.05, 0.1) is 21.3 Å². The minimum atomic E-state index is -0.813. The van der Waals surface area contributed by atoms with E-state index < -0.39 is 17.6 Å². The van der Waals surface area contributed by atoms with Crippen molar-refractivity contribution >= 4 is 17.9 Å². The zero-order valence-electron chi connectivity index (χ0n) is 14.7. The number of carbonyl (C=O) groups is 1. The van der Waals surface area contributed by atoms with Gasteiger partial charge in [-0.1, -0.05) is 0 Å². The molecule has 2 aromatic rings. The monoisotopic (exact) mass is 375 g/mol. The zero-order valence-corrected chi connectivity index (χ0v) is 14.7. The first-order chi connectivity index (χ1) is 13.0. The molecule has 8 heteroatoms. The number of ether oxygens (including phenoxy) is 4. The van der Waals surface area contributed by atoms with Gasteiger partial charge in [-0.3, -0.25) is 0 Å². The lowest BCUT2D eigenvalue weighted by molar-refractivity contribution is -0.129. The Balaban J connectivity index is 2.02. The summed E-state index contributed by atoms with van der Waals surface area (Å²) in [5.41, 5.74) is 0.295. The molecule has 0 amide bonds. The third-order valence-corrected chi connectivity index (χ3v) is 3.79. The van der Waals surface area contributed by atoms with Crippen LogP contribution in [-0.2, 0) is 9.53 Å². The van der Waals surface area contributed by atoms with Crippen LogP contribution < -0.4 is 14.2 Å². The van der Waals surface area contributed by atoms with Crippen molar-refractivity contribution in [1.82, 2.24) is 0 Å². The van der Waals surface area contributed by atoms with Crippen LogP contribution in [0.2, 0.25) is 0 Å². The van der Waals surface area contributed by atoms with Gasteiger partial charge in [-0.25, -0.2) is 18.6 Å². The van der Waals surface area contributed by atoms with E-state index in [2.05, 4.69) is 4.99 Å². The highest BCUT2D eigenvalue weighted by Crippen LogP contribution is 2.39. The van der Waals surface area contributed by atoms with Gasteiger partial charge >= 0.3 is 5.97 Å². The lowest BCUT2D eigenvalue weighted by Crippen LogP contribution is -2.07. The fourth-order valence-corrected chi connectivity index (χ4v) is 2.50. The number of methoxy groups -OCH3 is 3. The lowest BCUT2D eigenvalue weighted by Gasteiger charge is -2.13. The van der Waals surface area contributed by atoms with Gasteiger partial charge in [0, 0.05) is 17.2 Å². The molecule has 0 saturated heterocycles. The van der Waals surface area contributed by atoms with Gasteiger partial charge < -0.3 is 18.9 Å². The Morgan fingerprint density at radius 2 is 1.67 bits per heavy atom. The summed E-state index contributed by atoms with van der Waals surface area (Å²) in [4.78, 5) is 16.2. The van der Waals surface area contributed by atoms with Crippen molar-refractivity contribution in [3.8, 4) is 17.2 Å². The van der Waals surface area contributed by atoms with Gasteiger partial charge in [0.2, 0.25) is 11.6 Å². The first kappa shape index (κ1) is 18.4. The number of carbonyl (C=O) groups excluding carboxylic acids is 1. The van der Waals surface area contributed by atoms with E-state index in [1.165, 1.54) is 33.5 Å². The van der Waals surface area contributed by atoms with Crippen LogP contribution in [-0.4, -0.2) is 33.2 Å². The number of esters is 1. The first-order valence-corrected chi connectivity index (χ1v) is 7.74. The fraction of sp³-hybridized carbons (Fsp3) is 0.158. The van der Waals surface area contributed by atoms with Crippen molar-refractivity contribution in [3.05, 3.63) is 58.8 Å². The molecule has 1 aliphatic rings. The minimum absolute atomic E-state index is 0.00646. The molecule has 6 nitrogen and oxygen atoms in total. The van der Waals surface area contributed by atoms with Gasteiger partial charge in [-0.2, -0.15) is 0 Å². The number of halogens is 2. The highest BCUT2D eigenvalue weighted by molar-refractivity contribution is 6.13. The Morgan fingerprint density at radius 1 is 1.00 bits per heavy atom. The maximum Gasteiger partial charge on any atom is 0.363 e. The molecule has 0 spiro atoms. The second-order valence-corrected chi connectivity index (χ2v) is 5.42. The number of cyclic esters (lactones) is 1. The summed E-state index contributed by atoms with van der Waals surface area (Å²) in [6.07, 6.45) is 1.18. The first-order valence-electron chi connectivity index (χ1n) is 7.74. The molecule has 27 heavy (non-hydrogen) atoms. The van der Waals surface area contributed by atoms with Crippen LogP contribution in [0.25, 0.3) is 6.08 Å². The molecule has 140 valence electrons. The minimum Gasteiger partial charge on any atom is -0.493 e. The summed E-state index contributed by atoms with van der Waals surface area (Å²) in [5, 5.41) is 0. The summed E-state index contributed by atoms with van der Waals surface area (Å²) < 4.78 is 47.7. The topological polar surface area (TPSA) is 66.4 Å². The summed E-state index contributed by atoms with van der Waals surface area (Å²) in [6.45, 7) is 0. The van der Waals surface area contributed by atoms with E-state index in [1.807, 2.05) is 0 Å². The van der Waals surface area contributed by atoms with Crippen molar-refractivity contribution < 1.29 is 32.5 Å². The zero-order chi connectivity index (χ0) is 19.6. The summed E-state index contributed by atoms with van der Waals surface area (Å²) >= 11 is 0. The summed E-state index contributed by atoms with van der Waals surface area (Å²) in [5.74, 6) is -1.22. The molecule has 0 fully saturated rings. The molecule has 0 atom stereocenters. The molecule has 0 N–H and O–H groups in total. The Morgan fingerprint density at radius 3 is 2.22 bits per heavy atom. The van der Waals surface area contributed by atoms with E-state index in [1.54, 1.807) is 12.1 Å². The van der Waals surface area contributed by atoms with Gasteiger partial charge in [-0.15, -0.1) is 0 Å². The molecular weight excluding hydrogens is 360 g/mol. The van der Waals surface area contributed by atoms with E-state index in [4.69, 9.17) is 18.9 Å². The maximum absolute atomic E-state index is 13.8. The molecule has 2 aromatic carbocycles. The highest BCUT2D eigenvalue weighted by Gasteiger charge is 2.26. The van der Waals surface area contributed by atoms with Gasteiger partial charge in [0.15, 0.2) is 17.2 Å². The van der Waals surface area contributed by atoms with Crippen LogP contribution in [0.15, 0.2) is 41.0 Å². The predicted octanol–water partition coefficient (Wildman–Crippen LogP) is 3.34. The second kappa shape index (κ2) is 7.45. The number of benzene rings is 2. The smallest absolute Gasteiger partial charge is 0.363 e. The summed E-state index contributed by atoms with van der Waals surface area (Å²) in [6, 6.07) is 6.14. The van der Waals surface area contributed by atoms with E-state index in [0.29, 0.717) is 22.8 Å². The van der Waals surface area contributed by atoms with Crippen LogP contribution in [0.1, 0.15) is 11.1 Å². The predicted molar refractivity (Wildman–Crippen MR) is 93.1 cm³/mol. The Kier molecular flexibility index (Phi) is 5.07. The van der Waals surface area contributed by atoms with Crippen LogP contribution >= 0.6 is 0 Å². The number of nitrogens with zero attached hydrogens (tertiary/aromatic N) is 1. The van der Waals surface area contributed by atoms with Crippen molar-refractivity contribution in [3.63, 3.8) is 0 Å². The van der Waals surface area contributed by atoms with Gasteiger partial charge in [0.1, 0.15) is 11.6 Å². The second-order valence-electron chi connectivity index (χ2n) is 5.42. The fourth-order valence-electron chi connectivity index (χ4n) is 2.50. The molecule has 0 bridgehead atoms. The van der Waals surface area contributed by atoms with Crippen molar-refractivity contribution in [2.45, 2.75) is 0 Å². The highest BCUT2D eigenvalue weighted by atomic mass is 19.1. The van der Waals surface area contributed by atoms with E-state index >= 15 is 0 Å². The Hall–Kier alpha value is -3.42. The molecule has 0 aliphatic carbocycles. The Labute approximate surface area is 153 Å². The lowest BCUT2D eigenvalue weighted by atomic mass is 10.1. The van der Waals surface area contributed by atoms with Crippen molar-refractivity contribution in [2.75, 3.05) is 21.3 Å². The largest absolute Gasteiger partial charge is 0.493 e. The van der Waals surface area contributed by atoms with E-state index in [-0.39, 0.29) is 17.2 Å². The van der Waals surface area contributed by atoms with Crippen LogP contribution in [0.3, 0.4) is 0 Å². The third kappa shape index (κ3) is 3.59. The molecule has 0 saturated carbocycles. The number of hydrogen-bond acceptors (Lipinski definition) is 6. The number of aliphatic imine (C=N–C) groups is 1. The van der Waals surface area contributed by atoms with Crippen LogP contribution in [0.5, 0.6) is 17.2 Å². The van der Waals surface area contributed by atoms with Crippen molar-refractivity contribution in [2.24, 2.45) is 4.99 Å². The molecule has 1 heterocycles. The molecule has 0 radical (unpaired) electrons. The third-order valence-electron chi connectivity index (χ3n) is 3.79.